The fourth-order valence-corrected chi connectivity index (χ4v) is 2.06. The molecule has 102 valence electrons. The molecule has 4 heteroatoms. The van der Waals surface area contributed by atoms with Crippen LogP contribution >= 0.6 is 0 Å². The van der Waals surface area contributed by atoms with Gasteiger partial charge in [0.05, 0.1) is 18.8 Å². The van der Waals surface area contributed by atoms with Gasteiger partial charge in [-0.25, -0.2) is 4.98 Å². The topological polar surface area (TPSA) is 47.3 Å². The summed E-state index contributed by atoms with van der Waals surface area (Å²) >= 11 is 0. The van der Waals surface area contributed by atoms with Crippen LogP contribution in [0.4, 0.5) is 0 Å². The number of oxazole rings is 1. The summed E-state index contributed by atoms with van der Waals surface area (Å²) in [5.41, 5.74) is 0.0896. The molecule has 1 aromatic rings. The van der Waals surface area contributed by atoms with Crippen molar-refractivity contribution in [3.63, 3.8) is 0 Å². The minimum atomic E-state index is 0.0896. The lowest BCUT2D eigenvalue weighted by molar-refractivity contribution is 0.103. The Morgan fingerprint density at radius 3 is 2.94 bits per heavy atom. The molecule has 4 nitrogen and oxygen atoms in total. The van der Waals surface area contributed by atoms with Crippen molar-refractivity contribution in [3.05, 3.63) is 17.8 Å². The van der Waals surface area contributed by atoms with Crippen molar-refractivity contribution in [2.24, 2.45) is 0 Å². The molecular weight excluding hydrogens is 228 g/mol. The van der Waals surface area contributed by atoms with Gasteiger partial charge in [-0.3, -0.25) is 0 Å². The molecule has 1 aromatic heterocycles. The van der Waals surface area contributed by atoms with Gasteiger partial charge in [-0.15, -0.1) is 0 Å². The predicted molar refractivity (Wildman–Crippen MR) is 70.4 cm³/mol. The SMILES string of the molecule is CC(C)(C)NCc1ncc(CCC2CCCO2)o1. The second kappa shape index (κ2) is 5.85. The molecule has 1 aliphatic rings. The number of rotatable bonds is 5. The summed E-state index contributed by atoms with van der Waals surface area (Å²) in [4.78, 5) is 4.29. The molecule has 18 heavy (non-hydrogen) atoms. The van der Waals surface area contributed by atoms with Gasteiger partial charge in [0, 0.05) is 18.6 Å². The van der Waals surface area contributed by atoms with Gasteiger partial charge in [0.2, 0.25) is 5.89 Å². The smallest absolute Gasteiger partial charge is 0.208 e. The van der Waals surface area contributed by atoms with E-state index >= 15 is 0 Å². The van der Waals surface area contributed by atoms with Crippen molar-refractivity contribution in [2.45, 2.75) is 64.6 Å². The molecule has 1 saturated heterocycles. The molecule has 1 N–H and O–H groups in total. The monoisotopic (exact) mass is 252 g/mol. The van der Waals surface area contributed by atoms with Gasteiger partial charge in [0.25, 0.3) is 0 Å². The van der Waals surface area contributed by atoms with Crippen LogP contribution in [0.25, 0.3) is 0 Å². The van der Waals surface area contributed by atoms with Crippen LogP contribution in [0.1, 0.15) is 51.7 Å². The Kier molecular flexibility index (Phi) is 4.40. The van der Waals surface area contributed by atoms with Crippen LogP contribution < -0.4 is 5.32 Å². The molecule has 0 bridgehead atoms. The van der Waals surface area contributed by atoms with Crippen molar-refractivity contribution in [3.8, 4) is 0 Å². The molecule has 0 aliphatic carbocycles. The average molecular weight is 252 g/mol. The number of aromatic nitrogens is 1. The van der Waals surface area contributed by atoms with Crippen LogP contribution in [-0.2, 0) is 17.7 Å². The zero-order valence-corrected chi connectivity index (χ0v) is 11.7. The van der Waals surface area contributed by atoms with E-state index < -0.39 is 0 Å². The van der Waals surface area contributed by atoms with Crippen molar-refractivity contribution >= 4 is 0 Å². The molecule has 0 saturated carbocycles. The van der Waals surface area contributed by atoms with Crippen LogP contribution in [0.5, 0.6) is 0 Å². The molecule has 1 aliphatic heterocycles. The summed E-state index contributed by atoms with van der Waals surface area (Å²) in [6, 6.07) is 0. The van der Waals surface area contributed by atoms with E-state index in [1.165, 1.54) is 12.8 Å². The standard InChI is InChI=1S/C14H24N2O2/c1-14(2,3)16-10-13-15-9-12(18-13)7-6-11-5-4-8-17-11/h9,11,16H,4-8,10H2,1-3H3. The van der Waals surface area contributed by atoms with Gasteiger partial charge in [0.1, 0.15) is 5.76 Å². The van der Waals surface area contributed by atoms with E-state index in [1.54, 1.807) is 0 Å². The average Bonchev–Trinajstić information content (AvgIpc) is 2.94. The van der Waals surface area contributed by atoms with E-state index in [-0.39, 0.29) is 5.54 Å². The van der Waals surface area contributed by atoms with E-state index in [1.807, 2.05) is 6.20 Å². The van der Waals surface area contributed by atoms with Crippen LogP contribution in [-0.4, -0.2) is 23.2 Å². The van der Waals surface area contributed by atoms with Gasteiger partial charge < -0.3 is 14.5 Å². The van der Waals surface area contributed by atoms with Crippen LogP contribution in [0.2, 0.25) is 0 Å². The second-order valence-electron chi connectivity index (χ2n) is 6.00. The summed E-state index contributed by atoms with van der Waals surface area (Å²) in [6.45, 7) is 8.00. The van der Waals surface area contributed by atoms with Crippen LogP contribution in [0, 0.1) is 0 Å². The Labute approximate surface area is 109 Å². The van der Waals surface area contributed by atoms with E-state index in [0.717, 1.165) is 31.1 Å². The fraction of sp³-hybridized carbons (Fsp3) is 0.786. The van der Waals surface area contributed by atoms with Crippen molar-refractivity contribution in [1.82, 2.24) is 10.3 Å². The number of nitrogens with one attached hydrogen (secondary N) is 1. The van der Waals surface area contributed by atoms with E-state index in [9.17, 15) is 0 Å². The van der Waals surface area contributed by atoms with Gasteiger partial charge in [-0.1, -0.05) is 0 Å². The third-order valence-corrected chi connectivity index (χ3v) is 3.11. The summed E-state index contributed by atoms with van der Waals surface area (Å²) < 4.78 is 11.3. The molecule has 0 spiro atoms. The number of aryl methyl sites for hydroxylation is 1. The Hall–Kier alpha value is -0.870. The molecule has 1 unspecified atom stereocenters. The summed E-state index contributed by atoms with van der Waals surface area (Å²) in [7, 11) is 0. The highest BCUT2D eigenvalue weighted by atomic mass is 16.5. The van der Waals surface area contributed by atoms with Crippen LogP contribution in [0.15, 0.2) is 10.6 Å². The lowest BCUT2D eigenvalue weighted by Gasteiger charge is -2.18. The Balaban J connectivity index is 1.75. The van der Waals surface area contributed by atoms with Gasteiger partial charge in [-0.05, 0) is 40.0 Å². The second-order valence-corrected chi connectivity index (χ2v) is 6.00. The number of hydrogen-bond donors (Lipinski definition) is 1. The lowest BCUT2D eigenvalue weighted by atomic mass is 10.1. The minimum absolute atomic E-state index is 0.0896. The maximum Gasteiger partial charge on any atom is 0.208 e. The zero-order chi connectivity index (χ0) is 13.0. The Bertz CT molecular complexity index is 362. The summed E-state index contributed by atoms with van der Waals surface area (Å²) in [5, 5.41) is 3.37. The normalized spacial score (nSPS) is 20.5. The van der Waals surface area contributed by atoms with E-state index in [2.05, 4.69) is 31.1 Å². The first-order valence-electron chi connectivity index (χ1n) is 6.83. The van der Waals surface area contributed by atoms with Crippen molar-refractivity contribution < 1.29 is 9.15 Å². The zero-order valence-electron chi connectivity index (χ0n) is 11.7. The van der Waals surface area contributed by atoms with Gasteiger partial charge in [-0.2, -0.15) is 0 Å². The van der Waals surface area contributed by atoms with E-state index in [0.29, 0.717) is 12.6 Å². The molecule has 0 amide bonds. The van der Waals surface area contributed by atoms with Crippen molar-refractivity contribution in [1.29, 1.82) is 0 Å². The Morgan fingerprint density at radius 2 is 2.28 bits per heavy atom. The molecule has 0 radical (unpaired) electrons. The number of nitrogens with zero attached hydrogens (tertiary/aromatic N) is 1. The first-order valence-corrected chi connectivity index (χ1v) is 6.83. The highest BCUT2D eigenvalue weighted by Crippen LogP contribution is 2.18. The summed E-state index contributed by atoms with van der Waals surface area (Å²) in [5.74, 6) is 1.74. The van der Waals surface area contributed by atoms with Crippen molar-refractivity contribution in [2.75, 3.05) is 6.61 Å². The van der Waals surface area contributed by atoms with Crippen LogP contribution in [0.3, 0.4) is 0 Å². The third-order valence-electron chi connectivity index (χ3n) is 3.11. The quantitative estimate of drug-likeness (QED) is 0.875. The predicted octanol–water partition coefficient (Wildman–Crippen LogP) is 2.67. The molecule has 1 fully saturated rings. The number of ether oxygens (including phenoxy) is 1. The summed E-state index contributed by atoms with van der Waals surface area (Å²) in [6.07, 6.45) is 6.61. The highest BCUT2D eigenvalue weighted by molar-refractivity contribution is 4.95. The molecular formula is C14H24N2O2. The van der Waals surface area contributed by atoms with Gasteiger partial charge in [0.15, 0.2) is 0 Å². The lowest BCUT2D eigenvalue weighted by Crippen LogP contribution is -2.35. The molecule has 2 rings (SSSR count). The fourth-order valence-electron chi connectivity index (χ4n) is 2.06. The number of hydrogen-bond acceptors (Lipinski definition) is 4. The first kappa shape index (κ1) is 13.6. The molecule has 0 aromatic carbocycles. The van der Waals surface area contributed by atoms with E-state index in [4.69, 9.17) is 9.15 Å². The molecule has 1 atom stereocenters. The highest BCUT2D eigenvalue weighted by Gasteiger charge is 2.16. The van der Waals surface area contributed by atoms with Gasteiger partial charge >= 0.3 is 0 Å². The first-order chi connectivity index (χ1) is 8.53. The maximum atomic E-state index is 5.71. The largest absolute Gasteiger partial charge is 0.444 e. The minimum Gasteiger partial charge on any atom is -0.444 e. The Morgan fingerprint density at radius 1 is 1.44 bits per heavy atom. The third kappa shape index (κ3) is 4.42. The maximum absolute atomic E-state index is 5.71. The molecule has 2 heterocycles.